The zero-order valence-electron chi connectivity index (χ0n) is 21.5. The van der Waals surface area contributed by atoms with E-state index in [4.69, 9.17) is 35.6 Å². The number of ether oxygens (including phenoxy) is 1. The van der Waals surface area contributed by atoms with E-state index < -0.39 is 13.9 Å². The largest absolute Gasteiger partial charge is 0.495 e. The molecule has 39 heavy (non-hydrogen) atoms. The van der Waals surface area contributed by atoms with Gasteiger partial charge in [0.25, 0.3) is 5.91 Å². The van der Waals surface area contributed by atoms with Gasteiger partial charge in [-0.3, -0.25) is 9.32 Å². The zero-order valence-corrected chi connectivity index (χ0v) is 23.1. The minimum atomic E-state index is -4.55. The second kappa shape index (κ2) is 11.6. The molecule has 1 aromatic heterocycles. The molecule has 1 aliphatic heterocycles. The normalized spacial score (nSPS) is 26.2. The molecule has 5 N–H and O–H groups in total. The Kier molecular flexibility index (Phi) is 8.32. The first-order valence-corrected chi connectivity index (χ1v) is 14.9. The van der Waals surface area contributed by atoms with E-state index in [0.717, 1.165) is 18.5 Å². The van der Waals surface area contributed by atoms with Crippen molar-refractivity contribution in [2.24, 2.45) is 11.8 Å². The molecule has 12 nitrogen and oxygen atoms in total. The van der Waals surface area contributed by atoms with Gasteiger partial charge in [-0.1, -0.05) is 17.7 Å². The van der Waals surface area contributed by atoms with Crippen molar-refractivity contribution in [3.05, 3.63) is 40.5 Å². The van der Waals surface area contributed by atoms with Gasteiger partial charge in [-0.25, -0.2) is 9.55 Å². The Balaban J connectivity index is 1.31. The number of halogens is 1. The minimum Gasteiger partial charge on any atom is -0.495 e. The first kappa shape index (κ1) is 28.1. The third-order valence-electron chi connectivity index (χ3n) is 7.74. The van der Waals surface area contributed by atoms with Crippen molar-refractivity contribution >= 4 is 37.1 Å². The molecule has 3 unspecified atom stereocenters. The molecular weight excluding hydrogens is 549 g/mol. The summed E-state index contributed by atoms with van der Waals surface area (Å²) in [5.74, 6) is 2.02. The summed E-state index contributed by atoms with van der Waals surface area (Å²) in [5, 5.41) is 16.7. The van der Waals surface area contributed by atoms with E-state index in [1.54, 1.807) is 19.2 Å². The predicted octanol–water partition coefficient (Wildman–Crippen LogP) is 2.72. The summed E-state index contributed by atoms with van der Waals surface area (Å²) in [4.78, 5) is 42.6. The Morgan fingerprint density at radius 3 is 2.69 bits per heavy atom. The van der Waals surface area contributed by atoms with E-state index in [0.29, 0.717) is 66.6 Å². The maximum atomic E-state index is 13.3. The fraction of sp³-hybridized carbons (Fsp3) is 0.560. The van der Waals surface area contributed by atoms with Gasteiger partial charge in [0.15, 0.2) is 0 Å². The lowest BCUT2D eigenvalue weighted by Crippen LogP contribution is -2.40. The van der Waals surface area contributed by atoms with Crippen LogP contribution in [0.25, 0.3) is 0 Å². The Morgan fingerprint density at radius 2 is 2.03 bits per heavy atom. The Hall–Kier alpha value is -2.47. The molecule has 2 aliphatic carbocycles. The fourth-order valence-electron chi connectivity index (χ4n) is 5.62. The topological polar surface area (TPSA) is 166 Å². The van der Waals surface area contributed by atoms with Crippen LogP contribution in [0.5, 0.6) is 5.75 Å². The number of piperidine rings is 1. The molecule has 2 heterocycles. The number of nitrogens with one attached hydrogen (secondary N) is 2. The SMILES string of the molecule is COc1ccc(CNc2nc(N3CC4CC4C3CO)ncc2C(=O)NC2CCC(OP(=O)(O)O)CC2)cc1Cl. The summed E-state index contributed by atoms with van der Waals surface area (Å²) >= 11 is 6.28. The predicted molar refractivity (Wildman–Crippen MR) is 144 cm³/mol. The van der Waals surface area contributed by atoms with Crippen LogP contribution in [0.3, 0.4) is 0 Å². The standard InChI is InChI=1S/C25H33ClN5O7P/c1-37-22-7-2-14(8-20(22)26)10-27-23-19(11-28-25(30-23)31-12-15-9-18(15)21(31)13-32)24(33)29-16-3-5-17(6-4-16)38-39(34,35)36/h2,7-8,11,15-18,21,32H,3-6,9-10,12-13H2,1H3,(H,29,33)(H,27,28,30)(H2,34,35,36). The monoisotopic (exact) mass is 581 g/mol. The summed E-state index contributed by atoms with van der Waals surface area (Å²) in [5.41, 5.74) is 1.14. The number of carbonyl (C=O) groups excluding carboxylic acids is 1. The number of amides is 1. The van der Waals surface area contributed by atoms with Crippen molar-refractivity contribution in [1.29, 1.82) is 0 Å². The molecule has 3 fully saturated rings. The fourth-order valence-corrected chi connectivity index (χ4v) is 6.50. The van der Waals surface area contributed by atoms with Gasteiger partial charge in [0, 0.05) is 25.3 Å². The molecule has 3 aliphatic rings. The van der Waals surface area contributed by atoms with Gasteiger partial charge in [-0.05, 0) is 61.6 Å². The second-order valence-corrected chi connectivity index (χ2v) is 12.0. The van der Waals surface area contributed by atoms with Crippen LogP contribution in [-0.2, 0) is 15.6 Å². The molecule has 2 aromatic rings. The summed E-state index contributed by atoms with van der Waals surface area (Å²) in [6.45, 7) is 1.14. The summed E-state index contributed by atoms with van der Waals surface area (Å²) in [6.07, 6.45) is 3.97. The van der Waals surface area contributed by atoms with E-state index in [9.17, 15) is 14.5 Å². The van der Waals surface area contributed by atoms with E-state index in [1.165, 1.54) is 6.20 Å². The van der Waals surface area contributed by atoms with Crippen molar-refractivity contribution < 1.29 is 33.5 Å². The molecular formula is C25H33ClN5O7P. The number of benzene rings is 1. The van der Waals surface area contributed by atoms with Gasteiger partial charge in [0.2, 0.25) is 5.95 Å². The van der Waals surface area contributed by atoms with Gasteiger partial charge in [0.05, 0.1) is 30.9 Å². The average molecular weight is 582 g/mol. The number of methoxy groups -OCH3 is 1. The number of carbonyl (C=O) groups is 1. The number of phosphoric acid groups is 1. The minimum absolute atomic E-state index is 0.0221. The van der Waals surface area contributed by atoms with Crippen LogP contribution in [-0.4, -0.2) is 69.2 Å². The molecule has 5 rings (SSSR count). The maximum Gasteiger partial charge on any atom is 0.469 e. The van der Waals surface area contributed by atoms with Crippen LogP contribution in [0.1, 0.15) is 48.0 Å². The first-order chi connectivity index (χ1) is 18.6. The number of phosphoric ester groups is 1. The van der Waals surface area contributed by atoms with Crippen molar-refractivity contribution in [2.75, 3.05) is 30.5 Å². The van der Waals surface area contributed by atoms with Gasteiger partial charge in [-0.2, -0.15) is 4.98 Å². The van der Waals surface area contributed by atoms with E-state index in [1.807, 2.05) is 11.0 Å². The van der Waals surface area contributed by atoms with E-state index in [2.05, 4.69) is 15.6 Å². The third kappa shape index (κ3) is 6.65. The molecule has 1 saturated heterocycles. The number of aliphatic hydroxyl groups is 1. The number of anilines is 2. The first-order valence-electron chi connectivity index (χ1n) is 13.0. The highest BCUT2D eigenvalue weighted by molar-refractivity contribution is 7.46. The number of hydrogen-bond acceptors (Lipinski definition) is 9. The van der Waals surface area contributed by atoms with Gasteiger partial charge in [-0.15, -0.1) is 0 Å². The van der Waals surface area contributed by atoms with Crippen LogP contribution in [0.4, 0.5) is 11.8 Å². The lowest BCUT2D eigenvalue weighted by atomic mass is 9.93. The van der Waals surface area contributed by atoms with Crippen LogP contribution in [0.2, 0.25) is 5.02 Å². The van der Waals surface area contributed by atoms with Crippen molar-refractivity contribution in [3.8, 4) is 5.75 Å². The van der Waals surface area contributed by atoms with Crippen LogP contribution < -0.4 is 20.3 Å². The highest BCUT2D eigenvalue weighted by Crippen LogP contribution is 2.50. The number of aromatic nitrogens is 2. The van der Waals surface area contributed by atoms with Crippen LogP contribution >= 0.6 is 19.4 Å². The van der Waals surface area contributed by atoms with Gasteiger partial charge in [0.1, 0.15) is 17.1 Å². The summed E-state index contributed by atoms with van der Waals surface area (Å²) < 4.78 is 21.2. The Labute approximate surface area is 231 Å². The molecule has 1 aromatic carbocycles. The highest BCUT2D eigenvalue weighted by Gasteiger charge is 2.53. The smallest absolute Gasteiger partial charge is 0.469 e. The molecule has 1 amide bonds. The molecule has 212 valence electrons. The lowest BCUT2D eigenvalue weighted by molar-refractivity contribution is 0.0820. The molecule has 3 atom stereocenters. The van der Waals surface area contributed by atoms with Gasteiger partial charge >= 0.3 is 7.82 Å². The number of hydrogen-bond donors (Lipinski definition) is 5. The summed E-state index contributed by atoms with van der Waals surface area (Å²) in [6, 6.07) is 5.21. The number of rotatable bonds is 10. The van der Waals surface area contributed by atoms with E-state index >= 15 is 0 Å². The third-order valence-corrected chi connectivity index (χ3v) is 8.61. The Morgan fingerprint density at radius 1 is 1.26 bits per heavy atom. The number of fused-ring (bicyclic) bond motifs is 1. The van der Waals surface area contributed by atoms with E-state index in [-0.39, 0.29) is 30.2 Å². The van der Waals surface area contributed by atoms with Crippen molar-refractivity contribution in [1.82, 2.24) is 15.3 Å². The Bertz CT molecular complexity index is 1260. The average Bonchev–Trinajstić information content (AvgIpc) is 3.57. The quantitative estimate of drug-likeness (QED) is 0.262. The molecule has 14 heteroatoms. The molecule has 0 radical (unpaired) electrons. The molecule has 0 spiro atoms. The number of nitrogens with zero attached hydrogens (tertiary/aromatic N) is 3. The van der Waals surface area contributed by atoms with Crippen LogP contribution in [0, 0.1) is 11.8 Å². The summed E-state index contributed by atoms with van der Waals surface area (Å²) in [7, 11) is -3.00. The zero-order chi connectivity index (χ0) is 27.7. The number of aliphatic hydroxyl groups excluding tert-OH is 1. The van der Waals surface area contributed by atoms with Crippen molar-refractivity contribution in [2.45, 2.75) is 56.8 Å². The lowest BCUT2D eigenvalue weighted by Gasteiger charge is -2.29. The molecule has 2 saturated carbocycles. The van der Waals surface area contributed by atoms with Crippen molar-refractivity contribution in [3.63, 3.8) is 0 Å². The highest BCUT2D eigenvalue weighted by atomic mass is 35.5. The maximum absolute atomic E-state index is 13.3. The van der Waals surface area contributed by atoms with Gasteiger partial charge < -0.3 is 35.2 Å². The molecule has 0 bridgehead atoms. The van der Waals surface area contributed by atoms with Crippen LogP contribution in [0.15, 0.2) is 24.4 Å². The second-order valence-electron chi connectivity index (χ2n) is 10.4.